The first-order valence-electron chi connectivity index (χ1n) is 2.82. The van der Waals surface area contributed by atoms with Crippen molar-refractivity contribution in [1.82, 2.24) is 0 Å². The number of nitrogen functional groups attached to an aromatic ring is 1. The van der Waals surface area contributed by atoms with Gasteiger partial charge in [-0.1, -0.05) is 27.5 Å². The lowest BCUT2D eigenvalue weighted by Gasteiger charge is -2.01. The van der Waals surface area contributed by atoms with Crippen LogP contribution in [0.15, 0.2) is 16.6 Å². The van der Waals surface area contributed by atoms with Crippen molar-refractivity contribution in [1.29, 1.82) is 0 Å². The Bertz CT molecular complexity index is 210. The molecule has 1 aromatic carbocycles. The van der Waals surface area contributed by atoms with E-state index in [1.54, 1.807) is 6.07 Å². The molecule has 0 aromatic heterocycles. The molecule has 0 heterocycles. The number of halogens is 2. The first-order chi connectivity index (χ1) is 4.61. The number of rotatable bonds is 0. The van der Waals surface area contributed by atoms with E-state index in [4.69, 9.17) is 17.3 Å². The second-order valence-electron chi connectivity index (χ2n) is 2.12. The Kier molecular flexibility index (Phi) is 2.21. The minimum atomic E-state index is 0.595. The molecule has 0 saturated carbocycles. The van der Waals surface area contributed by atoms with Crippen molar-refractivity contribution in [2.24, 2.45) is 0 Å². The maximum absolute atomic E-state index is 5.73. The number of hydrogen-bond donors (Lipinski definition) is 1. The zero-order valence-electron chi connectivity index (χ0n) is 5.49. The van der Waals surface area contributed by atoms with E-state index in [-0.39, 0.29) is 0 Å². The molecule has 0 radical (unpaired) electrons. The summed E-state index contributed by atoms with van der Waals surface area (Å²) in [6, 6.07) is 3.64. The van der Waals surface area contributed by atoms with Crippen LogP contribution in [0, 0.1) is 6.92 Å². The SMILES string of the molecule is Cc1cc(N)c(Cl)cc1Br. The van der Waals surface area contributed by atoms with Crippen LogP contribution in [0.1, 0.15) is 5.56 Å². The fourth-order valence-corrected chi connectivity index (χ4v) is 1.32. The Morgan fingerprint density at radius 2 is 2.10 bits per heavy atom. The Morgan fingerprint density at radius 1 is 1.50 bits per heavy atom. The van der Waals surface area contributed by atoms with Gasteiger partial charge in [-0.15, -0.1) is 0 Å². The fourth-order valence-electron chi connectivity index (χ4n) is 0.680. The molecule has 1 rings (SSSR count). The van der Waals surface area contributed by atoms with E-state index in [0.29, 0.717) is 10.7 Å². The van der Waals surface area contributed by atoms with Gasteiger partial charge in [0.1, 0.15) is 0 Å². The summed E-state index contributed by atoms with van der Waals surface area (Å²) in [5, 5.41) is 0.595. The van der Waals surface area contributed by atoms with Crippen molar-refractivity contribution in [3.8, 4) is 0 Å². The third kappa shape index (κ3) is 1.44. The van der Waals surface area contributed by atoms with Gasteiger partial charge < -0.3 is 5.73 Å². The molecule has 0 fully saturated rings. The van der Waals surface area contributed by atoms with Crippen LogP contribution in [0.25, 0.3) is 0 Å². The largest absolute Gasteiger partial charge is 0.398 e. The third-order valence-electron chi connectivity index (χ3n) is 1.28. The minimum Gasteiger partial charge on any atom is -0.398 e. The summed E-state index contributed by atoms with van der Waals surface area (Å²) in [4.78, 5) is 0. The second kappa shape index (κ2) is 2.81. The van der Waals surface area contributed by atoms with Crippen molar-refractivity contribution in [3.05, 3.63) is 27.2 Å². The highest BCUT2D eigenvalue weighted by molar-refractivity contribution is 9.10. The monoisotopic (exact) mass is 219 g/mol. The standard InChI is InChI=1S/C7H7BrClN/c1-4-2-7(10)6(9)3-5(4)8/h2-3H,10H2,1H3. The summed E-state index contributed by atoms with van der Waals surface area (Å²) in [6.07, 6.45) is 0. The zero-order chi connectivity index (χ0) is 7.72. The molecule has 0 saturated heterocycles. The van der Waals surface area contributed by atoms with Gasteiger partial charge in [-0.3, -0.25) is 0 Å². The highest BCUT2D eigenvalue weighted by Gasteiger charge is 1.99. The van der Waals surface area contributed by atoms with E-state index in [2.05, 4.69) is 15.9 Å². The van der Waals surface area contributed by atoms with Gasteiger partial charge >= 0.3 is 0 Å². The molecule has 10 heavy (non-hydrogen) atoms. The maximum atomic E-state index is 5.73. The Balaban J connectivity index is 3.28. The molecule has 1 nitrogen and oxygen atoms in total. The summed E-state index contributed by atoms with van der Waals surface area (Å²) in [5.74, 6) is 0. The van der Waals surface area contributed by atoms with Crippen LogP contribution in [0.2, 0.25) is 5.02 Å². The number of aryl methyl sites for hydroxylation is 1. The smallest absolute Gasteiger partial charge is 0.0646 e. The van der Waals surface area contributed by atoms with Crippen molar-refractivity contribution in [2.45, 2.75) is 6.92 Å². The Labute approximate surface area is 73.3 Å². The molecule has 0 amide bonds. The predicted octanol–water partition coefficient (Wildman–Crippen LogP) is 2.99. The van der Waals surface area contributed by atoms with Crippen molar-refractivity contribution >= 4 is 33.2 Å². The van der Waals surface area contributed by atoms with Crippen LogP contribution in [0.4, 0.5) is 5.69 Å². The Hall–Kier alpha value is -0.210. The van der Waals surface area contributed by atoms with Gasteiger partial charge in [-0.25, -0.2) is 0 Å². The minimum absolute atomic E-state index is 0.595. The molecule has 54 valence electrons. The van der Waals surface area contributed by atoms with Crippen LogP contribution < -0.4 is 5.73 Å². The molecular formula is C7H7BrClN. The van der Waals surface area contributed by atoms with E-state index < -0.39 is 0 Å². The number of benzene rings is 1. The lowest BCUT2D eigenvalue weighted by Crippen LogP contribution is -1.87. The van der Waals surface area contributed by atoms with Gasteiger partial charge in [0.25, 0.3) is 0 Å². The quantitative estimate of drug-likeness (QED) is 0.668. The summed E-state index contributed by atoms with van der Waals surface area (Å²) >= 11 is 9.07. The van der Waals surface area contributed by atoms with Gasteiger partial charge in [-0.2, -0.15) is 0 Å². The first-order valence-corrected chi connectivity index (χ1v) is 3.99. The van der Waals surface area contributed by atoms with Gasteiger partial charge in [0.05, 0.1) is 10.7 Å². The maximum Gasteiger partial charge on any atom is 0.0646 e. The van der Waals surface area contributed by atoms with Crippen LogP contribution in [-0.2, 0) is 0 Å². The van der Waals surface area contributed by atoms with Crippen molar-refractivity contribution in [2.75, 3.05) is 5.73 Å². The average molecular weight is 220 g/mol. The third-order valence-corrected chi connectivity index (χ3v) is 2.46. The van der Waals surface area contributed by atoms with Gasteiger partial charge in [0, 0.05) is 4.47 Å². The lowest BCUT2D eigenvalue weighted by molar-refractivity contribution is 1.43. The highest BCUT2D eigenvalue weighted by atomic mass is 79.9. The van der Waals surface area contributed by atoms with E-state index in [9.17, 15) is 0 Å². The summed E-state index contributed by atoms with van der Waals surface area (Å²) in [5.41, 5.74) is 7.26. The molecule has 3 heteroatoms. The molecule has 0 bridgehead atoms. The molecular weight excluding hydrogens is 213 g/mol. The fraction of sp³-hybridized carbons (Fsp3) is 0.143. The number of nitrogens with two attached hydrogens (primary N) is 1. The molecule has 0 unspecified atom stereocenters. The Morgan fingerprint density at radius 3 is 2.60 bits per heavy atom. The highest BCUT2D eigenvalue weighted by Crippen LogP contribution is 2.26. The van der Waals surface area contributed by atoms with Crippen LogP contribution in [0.3, 0.4) is 0 Å². The topological polar surface area (TPSA) is 26.0 Å². The van der Waals surface area contributed by atoms with E-state index in [1.807, 2.05) is 13.0 Å². The van der Waals surface area contributed by atoms with Gasteiger partial charge in [0.2, 0.25) is 0 Å². The molecule has 1 aromatic rings. The van der Waals surface area contributed by atoms with Gasteiger partial charge in [-0.05, 0) is 24.6 Å². The molecule has 0 atom stereocenters. The van der Waals surface area contributed by atoms with E-state index in [1.165, 1.54) is 0 Å². The van der Waals surface area contributed by atoms with Crippen LogP contribution in [0.5, 0.6) is 0 Å². The second-order valence-corrected chi connectivity index (χ2v) is 3.38. The lowest BCUT2D eigenvalue weighted by atomic mass is 10.2. The predicted molar refractivity (Wildman–Crippen MR) is 48.3 cm³/mol. The average Bonchev–Trinajstić information content (AvgIpc) is 1.84. The first kappa shape index (κ1) is 7.89. The summed E-state index contributed by atoms with van der Waals surface area (Å²) in [6.45, 7) is 1.97. The number of hydrogen-bond acceptors (Lipinski definition) is 1. The number of anilines is 1. The van der Waals surface area contributed by atoms with E-state index >= 15 is 0 Å². The van der Waals surface area contributed by atoms with Crippen molar-refractivity contribution < 1.29 is 0 Å². The summed E-state index contributed by atoms with van der Waals surface area (Å²) in [7, 11) is 0. The molecule has 2 N–H and O–H groups in total. The van der Waals surface area contributed by atoms with Crippen LogP contribution in [-0.4, -0.2) is 0 Å². The molecule has 0 aliphatic carbocycles. The molecule has 0 aliphatic heterocycles. The van der Waals surface area contributed by atoms with Crippen molar-refractivity contribution in [3.63, 3.8) is 0 Å². The molecule has 0 spiro atoms. The zero-order valence-corrected chi connectivity index (χ0v) is 7.83. The summed E-state index contributed by atoms with van der Waals surface area (Å²) < 4.78 is 0.992. The van der Waals surface area contributed by atoms with Crippen LogP contribution >= 0.6 is 27.5 Å². The normalized spacial score (nSPS) is 9.90. The molecule has 0 aliphatic rings. The van der Waals surface area contributed by atoms with Gasteiger partial charge in [0.15, 0.2) is 0 Å². The van der Waals surface area contributed by atoms with E-state index in [0.717, 1.165) is 10.0 Å².